The Morgan fingerprint density at radius 2 is 0.897 bits per heavy atom. The van der Waals surface area contributed by atoms with E-state index in [9.17, 15) is 19.5 Å². The summed E-state index contributed by atoms with van der Waals surface area (Å²) in [5, 5.41) is 9.63. The highest BCUT2D eigenvalue weighted by Gasteiger charge is 2.31. The average Bonchev–Trinajstić information content (AvgIpc) is 3.18. The summed E-state index contributed by atoms with van der Waals surface area (Å²) in [6, 6.07) is -0.614. The van der Waals surface area contributed by atoms with E-state index < -0.39 is 18.1 Å². The van der Waals surface area contributed by atoms with Crippen molar-refractivity contribution in [1.29, 1.82) is 0 Å². The summed E-state index contributed by atoms with van der Waals surface area (Å²) in [5.74, 6) is -1.47. The molecule has 340 valence electrons. The van der Waals surface area contributed by atoms with Crippen molar-refractivity contribution >= 4 is 17.9 Å². The molecule has 2 unspecified atom stereocenters. The maximum absolute atomic E-state index is 12.7. The summed E-state index contributed by atoms with van der Waals surface area (Å²) in [6.07, 6.45) is 46.5. The Kier molecular flexibility index (Phi) is 40.0. The third-order valence-electron chi connectivity index (χ3n) is 11.1. The molecule has 2 atom stereocenters. The van der Waals surface area contributed by atoms with E-state index in [2.05, 4.69) is 38.2 Å². The maximum Gasteiger partial charge on any atom is 0.362 e. The number of allylic oxidation sites excluding steroid dienone is 4. The fourth-order valence-corrected chi connectivity index (χ4v) is 7.32. The lowest BCUT2D eigenvalue weighted by Gasteiger charge is -2.31. The second kappa shape index (κ2) is 41.5. The van der Waals surface area contributed by atoms with Gasteiger partial charge in [0.25, 0.3) is 0 Å². The second-order valence-corrected chi connectivity index (χ2v) is 17.8. The molecule has 0 aliphatic heterocycles. The molecule has 0 aliphatic carbocycles. The van der Waals surface area contributed by atoms with Crippen LogP contribution in [0.1, 0.15) is 226 Å². The molecule has 0 aromatic rings. The van der Waals surface area contributed by atoms with E-state index in [1.165, 1.54) is 141 Å². The first-order valence-corrected chi connectivity index (χ1v) is 24.4. The van der Waals surface area contributed by atoms with Crippen molar-refractivity contribution in [2.24, 2.45) is 0 Å². The molecule has 0 aromatic carbocycles. The normalized spacial score (nSPS) is 13.1. The van der Waals surface area contributed by atoms with Crippen LogP contribution in [0.5, 0.6) is 0 Å². The number of likely N-dealkylation sites (N-methyl/N-ethyl adjacent to an activating group) is 1. The highest BCUT2D eigenvalue weighted by Crippen LogP contribution is 2.16. The largest absolute Gasteiger partial charge is 0.477 e. The third-order valence-corrected chi connectivity index (χ3v) is 11.1. The predicted octanol–water partition coefficient (Wildman–Crippen LogP) is 13.6. The van der Waals surface area contributed by atoms with Crippen LogP contribution in [0.3, 0.4) is 0 Å². The topological polar surface area (TPSA) is 99.1 Å². The van der Waals surface area contributed by atoms with E-state index in [0.717, 1.165) is 51.4 Å². The minimum absolute atomic E-state index is 0.0511. The van der Waals surface area contributed by atoms with Crippen molar-refractivity contribution in [3.63, 3.8) is 0 Å². The molecule has 0 saturated heterocycles. The van der Waals surface area contributed by atoms with Crippen molar-refractivity contribution in [3.05, 3.63) is 24.3 Å². The average molecular weight is 821 g/mol. The van der Waals surface area contributed by atoms with Gasteiger partial charge in [0.2, 0.25) is 0 Å². The molecular weight excluding hydrogens is 727 g/mol. The SMILES string of the molecule is CCCCC/C=C/C=C/CCCCCCCCC(=O)OC(COCCC(C(=O)O)[N+](C)(C)C)COC(=O)CCCCCCCCCCCCCCCCCCCCC. The Hall–Kier alpha value is -2.19. The summed E-state index contributed by atoms with van der Waals surface area (Å²) in [5.41, 5.74) is 0. The van der Waals surface area contributed by atoms with Gasteiger partial charge in [-0.05, 0) is 38.5 Å². The number of esters is 2. The van der Waals surface area contributed by atoms with Gasteiger partial charge in [-0.1, -0.05) is 192 Å². The molecule has 0 bridgehead atoms. The van der Waals surface area contributed by atoms with E-state index in [0.29, 0.717) is 19.3 Å². The van der Waals surface area contributed by atoms with Crippen LogP contribution < -0.4 is 0 Å². The van der Waals surface area contributed by atoms with Crippen molar-refractivity contribution in [2.75, 3.05) is 41.0 Å². The molecule has 0 aromatic heterocycles. The highest BCUT2D eigenvalue weighted by atomic mass is 16.6. The van der Waals surface area contributed by atoms with Gasteiger partial charge >= 0.3 is 17.9 Å². The second-order valence-electron chi connectivity index (χ2n) is 17.8. The standard InChI is InChI=1S/C50H93NO7/c1-6-8-10-12-14-16-18-20-22-23-24-25-27-28-30-32-34-36-38-40-48(52)57-45-46(44-56-43-42-47(50(54)55)51(3,4)5)58-49(53)41-39-37-35-33-31-29-26-21-19-17-15-13-11-9-7-2/h15,17,19,21,46-47H,6-14,16,18,20,22-45H2,1-5H3/p+1/b17-15+,21-19+. The fourth-order valence-electron chi connectivity index (χ4n) is 7.32. The van der Waals surface area contributed by atoms with Crippen LogP contribution in [0.4, 0.5) is 0 Å². The molecule has 0 fully saturated rings. The summed E-state index contributed by atoms with van der Waals surface area (Å²) in [6.45, 7) is 4.73. The van der Waals surface area contributed by atoms with Gasteiger partial charge in [-0.25, -0.2) is 4.79 Å². The smallest absolute Gasteiger partial charge is 0.362 e. The molecule has 0 aliphatic rings. The van der Waals surface area contributed by atoms with Crippen LogP contribution in [0.25, 0.3) is 0 Å². The quantitative estimate of drug-likeness (QED) is 0.0283. The number of hydrogen-bond donors (Lipinski definition) is 1. The zero-order chi connectivity index (χ0) is 42.8. The van der Waals surface area contributed by atoms with Gasteiger partial charge in [-0.2, -0.15) is 0 Å². The van der Waals surface area contributed by atoms with Gasteiger partial charge in [0.05, 0.1) is 34.4 Å². The van der Waals surface area contributed by atoms with Gasteiger partial charge in [0.1, 0.15) is 6.61 Å². The minimum atomic E-state index is -0.874. The monoisotopic (exact) mass is 821 g/mol. The number of unbranched alkanes of at least 4 members (excludes halogenated alkanes) is 27. The first kappa shape index (κ1) is 55.8. The Morgan fingerprint density at radius 1 is 0.517 bits per heavy atom. The van der Waals surface area contributed by atoms with Crippen LogP contribution in [0.2, 0.25) is 0 Å². The van der Waals surface area contributed by atoms with Crippen LogP contribution in [-0.4, -0.2) is 80.6 Å². The number of carboxylic acids is 1. The number of hydrogen-bond acceptors (Lipinski definition) is 6. The summed E-state index contributed by atoms with van der Waals surface area (Å²) < 4.78 is 17.3. The van der Waals surface area contributed by atoms with Gasteiger partial charge < -0.3 is 23.8 Å². The van der Waals surface area contributed by atoms with Gasteiger partial charge in [0, 0.05) is 19.3 Å². The van der Waals surface area contributed by atoms with E-state index in [4.69, 9.17) is 14.2 Å². The Labute approximate surface area is 358 Å². The molecule has 0 heterocycles. The van der Waals surface area contributed by atoms with Crippen LogP contribution in [-0.2, 0) is 28.6 Å². The van der Waals surface area contributed by atoms with Gasteiger partial charge in [-0.15, -0.1) is 0 Å². The predicted molar refractivity (Wildman–Crippen MR) is 243 cm³/mol. The van der Waals surface area contributed by atoms with E-state index >= 15 is 0 Å². The first-order valence-electron chi connectivity index (χ1n) is 24.4. The number of aliphatic carboxylic acids is 1. The number of nitrogens with zero attached hydrogens (tertiary/aromatic N) is 1. The van der Waals surface area contributed by atoms with Gasteiger partial charge in [-0.3, -0.25) is 9.59 Å². The van der Waals surface area contributed by atoms with Crippen LogP contribution in [0.15, 0.2) is 24.3 Å². The molecule has 0 spiro atoms. The first-order chi connectivity index (χ1) is 28.1. The molecule has 58 heavy (non-hydrogen) atoms. The number of quaternary nitrogens is 1. The minimum Gasteiger partial charge on any atom is -0.477 e. The number of carboxylic acid groups (broad SMARTS) is 1. The number of carbonyl (C=O) groups excluding carboxylic acids is 2. The molecule has 0 amide bonds. The zero-order valence-corrected chi connectivity index (χ0v) is 38.8. The zero-order valence-electron chi connectivity index (χ0n) is 38.8. The van der Waals surface area contributed by atoms with Crippen molar-refractivity contribution in [2.45, 2.75) is 238 Å². The third kappa shape index (κ3) is 39.3. The maximum atomic E-state index is 12.7. The van der Waals surface area contributed by atoms with Gasteiger partial charge in [0.15, 0.2) is 12.1 Å². The van der Waals surface area contributed by atoms with E-state index in [1.807, 2.05) is 21.1 Å². The Morgan fingerprint density at radius 3 is 1.33 bits per heavy atom. The van der Waals surface area contributed by atoms with Crippen LogP contribution in [0, 0.1) is 0 Å². The van der Waals surface area contributed by atoms with Crippen molar-refractivity contribution in [1.82, 2.24) is 0 Å². The number of carbonyl (C=O) groups is 3. The van der Waals surface area contributed by atoms with Crippen molar-refractivity contribution in [3.8, 4) is 0 Å². The lowest BCUT2D eigenvalue weighted by Crippen LogP contribution is -2.50. The van der Waals surface area contributed by atoms with E-state index in [1.54, 1.807) is 0 Å². The summed E-state index contributed by atoms with van der Waals surface area (Å²) in [7, 11) is 5.53. The molecular formula is C50H94NO7+. The lowest BCUT2D eigenvalue weighted by atomic mass is 10.0. The fraction of sp³-hybridized carbons (Fsp3) is 0.860. The van der Waals surface area contributed by atoms with Crippen LogP contribution >= 0.6 is 0 Å². The molecule has 1 N–H and O–H groups in total. The number of ether oxygens (including phenoxy) is 3. The molecule has 0 saturated carbocycles. The number of rotatable bonds is 44. The molecule has 0 rings (SSSR count). The highest BCUT2D eigenvalue weighted by molar-refractivity contribution is 5.72. The molecule has 0 radical (unpaired) electrons. The molecule has 8 nitrogen and oxygen atoms in total. The summed E-state index contributed by atoms with van der Waals surface area (Å²) in [4.78, 5) is 37.1. The van der Waals surface area contributed by atoms with Crippen molar-refractivity contribution < 1.29 is 38.2 Å². The lowest BCUT2D eigenvalue weighted by molar-refractivity contribution is -0.887. The summed E-state index contributed by atoms with van der Waals surface area (Å²) >= 11 is 0. The van der Waals surface area contributed by atoms with E-state index in [-0.39, 0.29) is 36.2 Å². The Balaban J connectivity index is 4.25. The Bertz CT molecular complexity index is 1000. The molecule has 8 heteroatoms.